The topological polar surface area (TPSA) is 40.5 Å². The Morgan fingerprint density at radius 3 is 2.30 bits per heavy atom. The number of aliphatic hydroxyl groups excluding tert-OH is 2. The van der Waals surface area contributed by atoms with Gasteiger partial charge in [-0.15, -0.1) is 0 Å². The molecule has 0 aliphatic heterocycles. The normalized spacial score (nSPS) is 15.3. The Hall–Kier alpha value is -0.220. The van der Waals surface area contributed by atoms with Gasteiger partial charge >= 0.3 is 0 Å². The summed E-state index contributed by atoms with van der Waals surface area (Å²) < 4.78 is 24.2. The van der Waals surface area contributed by atoms with Gasteiger partial charge in [-0.25, -0.2) is 8.78 Å². The van der Waals surface area contributed by atoms with Crippen LogP contribution in [-0.2, 0) is 0 Å². The summed E-state index contributed by atoms with van der Waals surface area (Å²) in [5.41, 5.74) is 0. The molecule has 62 valence electrons. The molecule has 0 radical (unpaired) electrons. The second-order valence-electron chi connectivity index (χ2n) is 2.34. The maximum absolute atomic E-state index is 12.1. The molecule has 0 saturated heterocycles. The van der Waals surface area contributed by atoms with Gasteiger partial charge in [-0.1, -0.05) is 0 Å². The minimum absolute atomic E-state index is 0.0556. The molecule has 0 saturated carbocycles. The third-order valence-electron chi connectivity index (χ3n) is 1.22. The van der Waals surface area contributed by atoms with Crippen molar-refractivity contribution in [1.29, 1.82) is 0 Å². The van der Waals surface area contributed by atoms with Crippen molar-refractivity contribution in [2.24, 2.45) is 0 Å². The van der Waals surface area contributed by atoms with E-state index in [0.717, 1.165) is 0 Å². The number of rotatable bonds is 4. The number of alkyl halides is 2. The number of halogens is 2. The summed E-state index contributed by atoms with van der Waals surface area (Å²) in [6, 6.07) is 0. The van der Waals surface area contributed by atoms with Crippen molar-refractivity contribution in [2.45, 2.75) is 31.8 Å². The third kappa shape index (κ3) is 3.74. The van der Waals surface area contributed by atoms with Crippen LogP contribution in [0.3, 0.4) is 0 Å². The van der Waals surface area contributed by atoms with Crippen molar-refractivity contribution in [3.05, 3.63) is 0 Å². The molecule has 0 spiro atoms. The van der Waals surface area contributed by atoms with E-state index < -0.39 is 12.0 Å². The minimum atomic E-state index is -3.05. The molecule has 1 unspecified atom stereocenters. The van der Waals surface area contributed by atoms with Crippen molar-refractivity contribution < 1.29 is 19.0 Å². The van der Waals surface area contributed by atoms with E-state index in [4.69, 9.17) is 10.2 Å². The van der Waals surface area contributed by atoms with Gasteiger partial charge in [0.2, 0.25) is 0 Å². The fourth-order valence-corrected chi connectivity index (χ4v) is 0.538. The van der Waals surface area contributed by atoms with Crippen LogP contribution in [0.5, 0.6) is 0 Å². The number of aliphatic hydroxyl groups is 2. The van der Waals surface area contributed by atoms with Gasteiger partial charge in [0.15, 0.2) is 0 Å². The van der Waals surface area contributed by atoms with E-state index >= 15 is 0 Å². The molecule has 0 fully saturated rings. The van der Waals surface area contributed by atoms with E-state index in [1.807, 2.05) is 0 Å². The highest BCUT2D eigenvalue weighted by Gasteiger charge is 2.31. The molecule has 0 aliphatic carbocycles. The van der Waals surface area contributed by atoms with E-state index in [1.165, 1.54) is 0 Å². The molecule has 0 rings (SSSR count). The summed E-state index contributed by atoms with van der Waals surface area (Å²) in [5.74, 6) is -3.05. The van der Waals surface area contributed by atoms with Gasteiger partial charge in [0.1, 0.15) is 6.10 Å². The van der Waals surface area contributed by atoms with E-state index in [9.17, 15) is 8.78 Å². The quantitative estimate of drug-likeness (QED) is 0.628. The van der Waals surface area contributed by atoms with Crippen LogP contribution in [0.25, 0.3) is 0 Å². The Balaban J connectivity index is 3.52. The van der Waals surface area contributed by atoms with Gasteiger partial charge in [-0.2, -0.15) is 0 Å². The van der Waals surface area contributed by atoms with Crippen molar-refractivity contribution in [3.63, 3.8) is 0 Å². The lowest BCUT2D eigenvalue weighted by molar-refractivity contribution is -0.0972. The minimum Gasteiger partial charge on any atom is -0.396 e. The van der Waals surface area contributed by atoms with E-state index in [1.54, 1.807) is 0 Å². The van der Waals surface area contributed by atoms with Crippen LogP contribution in [-0.4, -0.2) is 28.8 Å². The van der Waals surface area contributed by atoms with Gasteiger partial charge in [-0.05, 0) is 12.8 Å². The van der Waals surface area contributed by atoms with Crippen LogP contribution in [0.2, 0.25) is 0 Å². The highest BCUT2D eigenvalue weighted by atomic mass is 19.3. The zero-order valence-corrected chi connectivity index (χ0v) is 5.85. The molecular formula is C6H12F2O2. The van der Waals surface area contributed by atoms with Crippen LogP contribution in [0.4, 0.5) is 8.78 Å². The average molecular weight is 154 g/mol. The lowest BCUT2D eigenvalue weighted by atomic mass is 10.1. The highest BCUT2D eigenvalue weighted by molar-refractivity contribution is 4.69. The van der Waals surface area contributed by atoms with Crippen molar-refractivity contribution in [3.8, 4) is 0 Å². The molecule has 0 heterocycles. The Kier molecular flexibility index (Phi) is 3.75. The predicted octanol–water partition coefficient (Wildman–Crippen LogP) is 0.775. The first kappa shape index (κ1) is 9.78. The van der Waals surface area contributed by atoms with Gasteiger partial charge < -0.3 is 10.2 Å². The molecule has 2 nitrogen and oxygen atoms in total. The standard InChI is InChI=1S/C6H12F2O2/c1-6(7,8)5(10)3-2-4-9/h5,9-10H,2-4H2,1H3. The first-order chi connectivity index (χ1) is 4.48. The Bertz CT molecular complexity index is 90.2. The largest absolute Gasteiger partial charge is 0.396 e. The Labute approximate surface area is 58.5 Å². The molecule has 0 amide bonds. The monoisotopic (exact) mass is 154 g/mol. The summed E-state index contributed by atoms with van der Waals surface area (Å²) in [6.07, 6.45) is -1.47. The lowest BCUT2D eigenvalue weighted by Crippen LogP contribution is -2.29. The average Bonchev–Trinajstić information content (AvgIpc) is 1.80. The first-order valence-electron chi connectivity index (χ1n) is 3.15. The molecule has 1 atom stereocenters. The van der Waals surface area contributed by atoms with Gasteiger partial charge in [0.25, 0.3) is 5.92 Å². The van der Waals surface area contributed by atoms with E-state index in [2.05, 4.69) is 0 Å². The molecule has 0 aromatic rings. The molecule has 4 heteroatoms. The molecule has 0 aromatic heterocycles. The summed E-state index contributed by atoms with van der Waals surface area (Å²) in [5, 5.41) is 16.9. The van der Waals surface area contributed by atoms with E-state index in [-0.39, 0.29) is 19.4 Å². The molecule has 2 N–H and O–H groups in total. The summed E-state index contributed by atoms with van der Waals surface area (Å²) in [6.45, 7) is 0.502. The second kappa shape index (κ2) is 3.83. The fraction of sp³-hybridized carbons (Fsp3) is 1.00. The second-order valence-corrected chi connectivity index (χ2v) is 2.34. The highest BCUT2D eigenvalue weighted by Crippen LogP contribution is 2.20. The lowest BCUT2D eigenvalue weighted by Gasteiger charge is -2.16. The zero-order valence-electron chi connectivity index (χ0n) is 5.85. The molecule has 0 bridgehead atoms. The van der Waals surface area contributed by atoms with Crippen LogP contribution in [0.1, 0.15) is 19.8 Å². The summed E-state index contributed by atoms with van der Waals surface area (Å²) in [4.78, 5) is 0. The molecule has 10 heavy (non-hydrogen) atoms. The maximum Gasteiger partial charge on any atom is 0.270 e. The Morgan fingerprint density at radius 2 is 2.00 bits per heavy atom. The van der Waals surface area contributed by atoms with Gasteiger partial charge in [-0.3, -0.25) is 0 Å². The maximum atomic E-state index is 12.1. The number of hydrogen-bond acceptors (Lipinski definition) is 2. The fourth-order valence-electron chi connectivity index (χ4n) is 0.538. The van der Waals surface area contributed by atoms with Gasteiger partial charge in [0, 0.05) is 13.5 Å². The number of hydrogen-bond donors (Lipinski definition) is 2. The smallest absolute Gasteiger partial charge is 0.270 e. The SMILES string of the molecule is CC(F)(F)C(O)CCCO. The van der Waals surface area contributed by atoms with Crippen molar-refractivity contribution in [2.75, 3.05) is 6.61 Å². The Morgan fingerprint density at radius 1 is 1.50 bits per heavy atom. The molecule has 0 aromatic carbocycles. The van der Waals surface area contributed by atoms with Gasteiger partial charge in [0.05, 0.1) is 0 Å². The first-order valence-corrected chi connectivity index (χ1v) is 3.15. The third-order valence-corrected chi connectivity index (χ3v) is 1.22. The van der Waals surface area contributed by atoms with Crippen LogP contribution in [0.15, 0.2) is 0 Å². The zero-order chi connectivity index (χ0) is 8.20. The molecular weight excluding hydrogens is 142 g/mol. The predicted molar refractivity (Wildman–Crippen MR) is 32.9 cm³/mol. The molecule has 0 aliphatic rings. The van der Waals surface area contributed by atoms with Crippen LogP contribution >= 0.6 is 0 Å². The summed E-state index contributed by atoms with van der Waals surface area (Å²) in [7, 11) is 0. The van der Waals surface area contributed by atoms with Crippen molar-refractivity contribution >= 4 is 0 Å². The summed E-state index contributed by atoms with van der Waals surface area (Å²) >= 11 is 0. The van der Waals surface area contributed by atoms with Crippen LogP contribution in [0, 0.1) is 0 Å². The van der Waals surface area contributed by atoms with Crippen molar-refractivity contribution in [1.82, 2.24) is 0 Å². The van der Waals surface area contributed by atoms with Crippen LogP contribution < -0.4 is 0 Å². The van der Waals surface area contributed by atoms with E-state index in [0.29, 0.717) is 6.92 Å².